The smallest absolute Gasteiger partial charge is 0.306 e. The SMILES string of the molecule is CC(O)CC(Cc1ccccc1F)C(=O)O. The van der Waals surface area contributed by atoms with Gasteiger partial charge in [0, 0.05) is 0 Å². The van der Waals surface area contributed by atoms with E-state index in [1.165, 1.54) is 13.0 Å². The Labute approximate surface area is 93.5 Å². The molecule has 1 aromatic rings. The Morgan fingerprint density at radius 3 is 2.56 bits per heavy atom. The van der Waals surface area contributed by atoms with E-state index in [1.54, 1.807) is 18.2 Å². The molecule has 1 rings (SSSR count). The van der Waals surface area contributed by atoms with Gasteiger partial charge in [-0.05, 0) is 31.4 Å². The molecule has 0 bridgehead atoms. The van der Waals surface area contributed by atoms with E-state index in [-0.39, 0.29) is 12.8 Å². The topological polar surface area (TPSA) is 57.5 Å². The lowest BCUT2D eigenvalue weighted by Crippen LogP contribution is -2.21. The summed E-state index contributed by atoms with van der Waals surface area (Å²) in [7, 11) is 0. The van der Waals surface area contributed by atoms with Gasteiger partial charge in [0.2, 0.25) is 0 Å². The lowest BCUT2D eigenvalue weighted by Gasteiger charge is -2.14. The quantitative estimate of drug-likeness (QED) is 0.805. The predicted octanol–water partition coefficient (Wildman–Crippen LogP) is 1.84. The molecule has 2 unspecified atom stereocenters. The van der Waals surface area contributed by atoms with Gasteiger partial charge in [-0.3, -0.25) is 4.79 Å². The van der Waals surface area contributed by atoms with Gasteiger partial charge >= 0.3 is 5.97 Å². The van der Waals surface area contributed by atoms with Crippen molar-refractivity contribution in [2.45, 2.75) is 25.9 Å². The summed E-state index contributed by atoms with van der Waals surface area (Å²) in [6, 6.07) is 6.09. The molecule has 0 saturated heterocycles. The molecule has 0 aliphatic carbocycles. The maximum Gasteiger partial charge on any atom is 0.306 e. The third kappa shape index (κ3) is 3.62. The van der Waals surface area contributed by atoms with Crippen LogP contribution in [0.1, 0.15) is 18.9 Å². The van der Waals surface area contributed by atoms with E-state index >= 15 is 0 Å². The van der Waals surface area contributed by atoms with E-state index in [9.17, 15) is 9.18 Å². The molecule has 0 saturated carbocycles. The van der Waals surface area contributed by atoms with Crippen LogP contribution in [0.4, 0.5) is 4.39 Å². The molecule has 2 atom stereocenters. The molecule has 0 spiro atoms. The van der Waals surface area contributed by atoms with Crippen LogP contribution in [0.5, 0.6) is 0 Å². The molecule has 1 aromatic carbocycles. The number of hydrogen-bond donors (Lipinski definition) is 2. The van der Waals surface area contributed by atoms with Crippen LogP contribution < -0.4 is 0 Å². The van der Waals surface area contributed by atoms with Crippen molar-refractivity contribution in [1.82, 2.24) is 0 Å². The highest BCUT2D eigenvalue weighted by molar-refractivity contribution is 5.70. The largest absolute Gasteiger partial charge is 0.481 e. The minimum atomic E-state index is -1.01. The highest BCUT2D eigenvalue weighted by Gasteiger charge is 2.21. The Morgan fingerprint density at radius 2 is 2.06 bits per heavy atom. The summed E-state index contributed by atoms with van der Waals surface area (Å²) in [5.74, 6) is -2.17. The number of rotatable bonds is 5. The van der Waals surface area contributed by atoms with Gasteiger partial charge in [0.25, 0.3) is 0 Å². The van der Waals surface area contributed by atoms with Crippen LogP contribution in [0.25, 0.3) is 0 Å². The van der Waals surface area contributed by atoms with E-state index in [1.807, 2.05) is 0 Å². The van der Waals surface area contributed by atoms with Crippen molar-refractivity contribution in [2.75, 3.05) is 0 Å². The first-order chi connectivity index (χ1) is 7.50. The normalized spacial score (nSPS) is 14.4. The van der Waals surface area contributed by atoms with Crippen LogP contribution >= 0.6 is 0 Å². The molecule has 4 heteroatoms. The number of aliphatic hydroxyl groups is 1. The fraction of sp³-hybridized carbons (Fsp3) is 0.417. The zero-order valence-corrected chi connectivity index (χ0v) is 9.06. The summed E-state index contributed by atoms with van der Waals surface area (Å²) in [6.45, 7) is 1.53. The Hall–Kier alpha value is -1.42. The fourth-order valence-corrected chi connectivity index (χ4v) is 1.61. The van der Waals surface area contributed by atoms with Crippen LogP contribution in [0.2, 0.25) is 0 Å². The first kappa shape index (κ1) is 12.6. The monoisotopic (exact) mass is 226 g/mol. The summed E-state index contributed by atoms with van der Waals surface area (Å²) in [4.78, 5) is 10.9. The molecule has 88 valence electrons. The van der Waals surface area contributed by atoms with E-state index in [0.29, 0.717) is 5.56 Å². The van der Waals surface area contributed by atoms with Crippen molar-refractivity contribution in [3.63, 3.8) is 0 Å². The molecule has 0 fully saturated rings. The van der Waals surface area contributed by atoms with Crippen molar-refractivity contribution in [3.8, 4) is 0 Å². The minimum Gasteiger partial charge on any atom is -0.481 e. The van der Waals surface area contributed by atoms with Gasteiger partial charge in [0.15, 0.2) is 0 Å². The van der Waals surface area contributed by atoms with Gasteiger partial charge < -0.3 is 10.2 Å². The van der Waals surface area contributed by atoms with Crippen LogP contribution in [0.3, 0.4) is 0 Å². The number of carboxylic acid groups (broad SMARTS) is 1. The molecule has 0 aliphatic heterocycles. The number of benzene rings is 1. The molecule has 3 nitrogen and oxygen atoms in total. The van der Waals surface area contributed by atoms with Crippen molar-refractivity contribution >= 4 is 5.97 Å². The first-order valence-electron chi connectivity index (χ1n) is 5.15. The lowest BCUT2D eigenvalue weighted by molar-refractivity contribution is -0.142. The summed E-state index contributed by atoms with van der Waals surface area (Å²) in [5.41, 5.74) is 0.371. The molecule has 0 radical (unpaired) electrons. The second-order valence-corrected chi connectivity index (χ2v) is 3.92. The molecule has 0 heterocycles. The summed E-state index contributed by atoms with van der Waals surface area (Å²) in [5, 5.41) is 18.1. The van der Waals surface area contributed by atoms with Crippen molar-refractivity contribution in [1.29, 1.82) is 0 Å². The average Bonchev–Trinajstić information content (AvgIpc) is 2.19. The second-order valence-electron chi connectivity index (χ2n) is 3.92. The lowest BCUT2D eigenvalue weighted by atomic mass is 9.94. The molecule has 16 heavy (non-hydrogen) atoms. The maximum absolute atomic E-state index is 13.3. The number of aliphatic hydroxyl groups excluding tert-OH is 1. The Balaban J connectivity index is 2.76. The zero-order chi connectivity index (χ0) is 12.1. The van der Waals surface area contributed by atoms with Gasteiger partial charge in [-0.25, -0.2) is 4.39 Å². The Kier molecular flexibility index (Phi) is 4.43. The highest BCUT2D eigenvalue weighted by Crippen LogP contribution is 2.17. The molecular weight excluding hydrogens is 211 g/mol. The highest BCUT2D eigenvalue weighted by atomic mass is 19.1. The third-order valence-corrected chi connectivity index (χ3v) is 2.40. The number of carboxylic acids is 1. The standard InChI is InChI=1S/C12H15FO3/c1-8(14)6-10(12(15)16)7-9-4-2-3-5-11(9)13/h2-5,8,10,14H,6-7H2,1H3,(H,15,16). The average molecular weight is 226 g/mol. The maximum atomic E-state index is 13.3. The van der Waals surface area contributed by atoms with Crippen molar-refractivity contribution in [2.24, 2.45) is 5.92 Å². The van der Waals surface area contributed by atoms with Gasteiger partial charge in [-0.2, -0.15) is 0 Å². The van der Waals surface area contributed by atoms with Gasteiger partial charge in [-0.1, -0.05) is 18.2 Å². The van der Waals surface area contributed by atoms with Crippen molar-refractivity contribution < 1.29 is 19.4 Å². The summed E-state index contributed by atoms with van der Waals surface area (Å²) in [6.07, 6.45) is -0.468. The number of aliphatic carboxylic acids is 1. The van der Waals surface area contributed by atoms with E-state index < -0.39 is 23.8 Å². The van der Waals surface area contributed by atoms with Crippen LogP contribution in [-0.4, -0.2) is 22.3 Å². The Morgan fingerprint density at radius 1 is 1.44 bits per heavy atom. The molecular formula is C12H15FO3. The zero-order valence-electron chi connectivity index (χ0n) is 9.06. The second kappa shape index (κ2) is 5.61. The molecule has 0 aromatic heterocycles. The first-order valence-corrected chi connectivity index (χ1v) is 5.15. The van der Waals surface area contributed by atoms with Crippen LogP contribution in [0.15, 0.2) is 24.3 Å². The minimum absolute atomic E-state index is 0.104. The number of halogens is 1. The number of carbonyl (C=O) groups is 1. The fourth-order valence-electron chi connectivity index (χ4n) is 1.61. The molecule has 0 amide bonds. The Bertz CT molecular complexity index is 363. The molecule has 0 aliphatic rings. The van der Waals surface area contributed by atoms with Gasteiger partial charge in [0.1, 0.15) is 5.82 Å². The molecule has 2 N–H and O–H groups in total. The van der Waals surface area contributed by atoms with Gasteiger partial charge in [-0.15, -0.1) is 0 Å². The van der Waals surface area contributed by atoms with E-state index in [2.05, 4.69) is 0 Å². The van der Waals surface area contributed by atoms with E-state index in [4.69, 9.17) is 10.2 Å². The van der Waals surface area contributed by atoms with Gasteiger partial charge in [0.05, 0.1) is 12.0 Å². The van der Waals surface area contributed by atoms with E-state index in [0.717, 1.165) is 0 Å². The van der Waals surface area contributed by atoms with Crippen LogP contribution in [0, 0.1) is 11.7 Å². The predicted molar refractivity (Wildman–Crippen MR) is 57.5 cm³/mol. The third-order valence-electron chi connectivity index (χ3n) is 2.40. The summed E-state index contributed by atoms with van der Waals surface area (Å²) >= 11 is 0. The summed E-state index contributed by atoms with van der Waals surface area (Å²) < 4.78 is 13.3. The number of hydrogen-bond acceptors (Lipinski definition) is 2. The van der Waals surface area contributed by atoms with Crippen molar-refractivity contribution in [3.05, 3.63) is 35.6 Å². The van der Waals surface area contributed by atoms with Crippen LogP contribution in [-0.2, 0) is 11.2 Å².